The maximum Gasteiger partial charge on any atom is -0.0443 e. The minimum atomic E-state index is 0.968. The summed E-state index contributed by atoms with van der Waals surface area (Å²) in [7, 11) is 0. The minimum Gasteiger partial charge on any atom is -0.0654 e. The Morgan fingerprint density at radius 3 is 0.833 bits per heavy atom. The largest absolute Gasteiger partial charge is 0.0654 e. The summed E-state index contributed by atoms with van der Waals surface area (Å²) in [4.78, 5) is 0. The highest BCUT2D eigenvalue weighted by molar-refractivity contribution is 4.55. The van der Waals surface area contributed by atoms with Crippen LogP contribution in [0, 0.1) is 5.92 Å². The molecule has 30 heavy (non-hydrogen) atoms. The van der Waals surface area contributed by atoms with Gasteiger partial charge in [0.25, 0.3) is 0 Å². The quantitative estimate of drug-likeness (QED) is 0.122. The van der Waals surface area contributed by atoms with Crippen molar-refractivity contribution in [3.63, 3.8) is 0 Å². The fourth-order valence-corrected chi connectivity index (χ4v) is 4.80. The van der Waals surface area contributed by atoms with Crippen molar-refractivity contribution in [3.8, 4) is 0 Å². The fourth-order valence-electron chi connectivity index (χ4n) is 4.80. The molecule has 0 saturated heterocycles. The third-order valence-corrected chi connectivity index (χ3v) is 7.10. The van der Waals surface area contributed by atoms with E-state index in [1.165, 1.54) is 167 Å². The van der Waals surface area contributed by atoms with E-state index >= 15 is 0 Å². The van der Waals surface area contributed by atoms with Crippen LogP contribution in [0.15, 0.2) is 0 Å². The van der Waals surface area contributed by atoms with Gasteiger partial charge in [0.1, 0.15) is 0 Å². The van der Waals surface area contributed by atoms with Gasteiger partial charge in [0.2, 0.25) is 0 Å². The van der Waals surface area contributed by atoms with Crippen LogP contribution in [0.4, 0.5) is 0 Å². The summed E-state index contributed by atoms with van der Waals surface area (Å²) in [5.74, 6) is 0.968. The lowest BCUT2D eigenvalue weighted by atomic mass is 9.97. The first kappa shape index (κ1) is 30.0. The molecular formula is C30H62. The molecular weight excluding hydrogens is 360 g/mol. The summed E-state index contributed by atoms with van der Waals surface area (Å²) < 4.78 is 0. The van der Waals surface area contributed by atoms with Gasteiger partial charge in [-0.25, -0.2) is 0 Å². The molecule has 0 bridgehead atoms. The second-order valence-corrected chi connectivity index (χ2v) is 10.5. The average Bonchev–Trinajstić information content (AvgIpc) is 2.75. The van der Waals surface area contributed by atoms with E-state index in [9.17, 15) is 0 Å². The van der Waals surface area contributed by atoms with Gasteiger partial charge in [0.15, 0.2) is 0 Å². The van der Waals surface area contributed by atoms with Gasteiger partial charge in [-0.15, -0.1) is 0 Å². The summed E-state index contributed by atoms with van der Waals surface area (Å²) in [6.07, 6.45) is 38.3. The van der Waals surface area contributed by atoms with Gasteiger partial charge >= 0.3 is 0 Å². The van der Waals surface area contributed by atoms with E-state index in [0.29, 0.717) is 0 Å². The second kappa shape index (κ2) is 27.0. The Morgan fingerprint density at radius 1 is 0.300 bits per heavy atom. The van der Waals surface area contributed by atoms with Gasteiger partial charge in [-0.3, -0.25) is 0 Å². The molecule has 0 saturated carbocycles. The van der Waals surface area contributed by atoms with E-state index in [-0.39, 0.29) is 0 Å². The first-order chi connectivity index (χ1) is 14.8. The lowest BCUT2D eigenvalue weighted by molar-refractivity contribution is 0.440. The number of hydrogen-bond donors (Lipinski definition) is 0. The Kier molecular flexibility index (Phi) is 27.0. The molecule has 0 nitrogen and oxygen atoms in total. The molecule has 0 aromatic carbocycles. The van der Waals surface area contributed by atoms with Gasteiger partial charge in [0, 0.05) is 0 Å². The molecule has 0 fully saturated rings. The monoisotopic (exact) mass is 422 g/mol. The van der Waals surface area contributed by atoms with Crippen LogP contribution in [0.5, 0.6) is 0 Å². The fraction of sp³-hybridized carbons (Fsp3) is 1.00. The van der Waals surface area contributed by atoms with Crippen LogP contribution in [0.2, 0.25) is 0 Å². The first-order valence-corrected chi connectivity index (χ1v) is 14.8. The van der Waals surface area contributed by atoms with Crippen LogP contribution in [0.1, 0.15) is 188 Å². The van der Waals surface area contributed by atoms with Crippen molar-refractivity contribution < 1.29 is 0 Å². The number of unbranched alkanes of at least 4 members (excludes halogenated alkanes) is 22. The zero-order valence-corrected chi connectivity index (χ0v) is 22.0. The summed E-state index contributed by atoms with van der Waals surface area (Å²) in [6, 6.07) is 0. The molecule has 0 aromatic heterocycles. The SMILES string of the molecule is CCCCCCCCCCCCCCCCCCCCCCCC[C@@H](C)CCCC. The Labute approximate surface area is 193 Å². The summed E-state index contributed by atoms with van der Waals surface area (Å²) >= 11 is 0. The van der Waals surface area contributed by atoms with Crippen molar-refractivity contribution in [2.45, 2.75) is 188 Å². The molecule has 0 aliphatic heterocycles. The molecule has 1 atom stereocenters. The van der Waals surface area contributed by atoms with Crippen LogP contribution < -0.4 is 0 Å². The summed E-state index contributed by atoms with van der Waals surface area (Å²) in [5.41, 5.74) is 0. The Hall–Kier alpha value is 0. The molecule has 0 aliphatic carbocycles. The van der Waals surface area contributed by atoms with E-state index in [4.69, 9.17) is 0 Å². The molecule has 0 heterocycles. The molecule has 0 rings (SSSR count). The third-order valence-electron chi connectivity index (χ3n) is 7.10. The predicted molar refractivity (Wildman–Crippen MR) is 141 cm³/mol. The lowest BCUT2D eigenvalue weighted by Crippen LogP contribution is -1.94. The lowest BCUT2D eigenvalue weighted by Gasteiger charge is -2.10. The van der Waals surface area contributed by atoms with Crippen LogP contribution in [0.25, 0.3) is 0 Å². The van der Waals surface area contributed by atoms with Gasteiger partial charge in [-0.2, -0.15) is 0 Å². The van der Waals surface area contributed by atoms with E-state index in [1.807, 2.05) is 0 Å². The highest BCUT2D eigenvalue weighted by Crippen LogP contribution is 2.18. The summed E-state index contributed by atoms with van der Waals surface area (Å²) in [5, 5.41) is 0. The molecule has 0 aliphatic rings. The molecule has 0 amide bonds. The van der Waals surface area contributed by atoms with E-state index in [2.05, 4.69) is 20.8 Å². The van der Waals surface area contributed by atoms with Crippen molar-refractivity contribution in [2.75, 3.05) is 0 Å². The van der Waals surface area contributed by atoms with Crippen molar-refractivity contribution >= 4 is 0 Å². The smallest absolute Gasteiger partial charge is 0.0443 e. The summed E-state index contributed by atoms with van der Waals surface area (Å²) in [6.45, 7) is 7.07. The first-order valence-electron chi connectivity index (χ1n) is 14.8. The molecule has 0 heteroatoms. The Bertz CT molecular complexity index is 282. The van der Waals surface area contributed by atoms with Gasteiger partial charge in [-0.05, 0) is 5.92 Å². The van der Waals surface area contributed by atoms with E-state index in [0.717, 1.165) is 5.92 Å². The second-order valence-electron chi connectivity index (χ2n) is 10.5. The van der Waals surface area contributed by atoms with Gasteiger partial charge in [0.05, 0.1) is 0 Å². The predicted octanol–water partition coefficient (Wildman–Crippen LogP) is 11.8. The molecule has 0 unspecified atom stereocenters. The highest BCUT2D eigenvalue weighted by atomic mass is 14.1. The van der Waals surface area contributed by atoms with Crippen molar-refractivity contribution in [1.82, 2.24) is 0 Å². The molecule has 0 spiro atoms. The molecule has 0 aromatic rings. The molecule has 0 N–H and O–H groups in total. The number of hydrogen-bond acceptors (Lipinski definition) is 0. The highest BCUT2D eigenvalue weighted by Gasteiger charge is 2.01. The van der Waals surface area contributed by atoms with Gasteiger partial charge in [-0.1, -0.05) is 188 Å². The standard InChI is InChI=1S/C30H62/c1-4-6-8-9-10-11-12-13-14-15-16-17-18-19-20-21-22-23-24-25-26-27-29-30(3)28-7-5-2/h30H,4-29H2,1-3H3/t30-/m0/s1. The normalized spacial score (nSPS) is 12.5. The van der Waals surface area contributed by atoms with Gasteiger partial charge < -0.3 is 0 Å². The van der Waals surface area contributed by atoms with E-state index in [1.54, 1.807) is 0 Å². The molecule has 0 radical (unpaired) electrons. The Morgan fingerprint density at radius 2 is 0.533 bits per heavy atom. The zero-order chi connectivity index (χ0) is 22.0. The van der Waals surface area contributed by atoms with Crippen LogP contribution >= 0.6 is 0 Å². The topological polar surface area (TPSA) is 0 Å². The average molecular weight is 423 g/mol. The third kappa shape index (κ3) is 26.0. The molecule has 182 valence electrons. The van der Waals surface area contributed by atoms with Crippen LogP contribution in [-0.4, -0.2) is 0 Å². The van der Waals surface area contributed by atoms with Crippen LogP contribution in [-0.2, 0) is 0 Å². The maximum absolute atomic E-state index is 2.45. The minimum absolute atomic E-state index is 0.968. The maximum atomic E-state index is 2.45. The van der Waals surface area contributed by atoms with Crippen LogP contribution in [0.3, 0.4) is 0 Å². The van der Waals surface area contributed by atoms with Crippen molar-refractivity contribution in [3.05, 3.63) is 0 Å². The number of rotatable bonds is 26. The van der Waals surface area contributed by atoms with Crippen molar-refractivity contribution in [1.29, 1.82) is 0 Å². The zero-order valence-electron chi connectivity index (χ0n) is 22.0. The van der Waals surface area contributed by atoms with Crippen molar-refractivity contribution in [2.24, 2.45) is 5.92 Å². The Balaban J connectivity index is 3.03. The van der Waals surface area contributed by atoms with E-state index < -0.39 is 0 Å².